The minimum Gasteiger partial charge on any atom is -0.450 e. The van der Waals surface area contributed by atoms with Crippen molar-refractivity contribution < 1.29 is 14.3 Å². The highest BCUT2D eigenvalue weighted by molar-refractivity contribution is 5.71. The first-order chi connectivity index (χ1) is 6.24. The third-order valence-electron chi connectivity index (χ3n) is 1.54. The highest BCUT2D eigenvalue weighted by Crippen LogP contribution is 2.14. The quantitative estimate of drug-likeness (QED) is 0.520. The molecule has 0 N–H and O–H groups in total. The Morgan fingerprint density at radius 1 is 1.38 bits per heavy atom. The molecule has 0 bridgehead atoms. The van der Waals surface area contributed by atoms with Crippen LogP contribution in [-0.4, -0.2) is 12.3 Å². The summed E-state index contributed by atoms with van der Waals surface area (Å²) in [6.45, 7) is 1.28. The predicted molar refractivity (Wildman–Crippen MR) is 47.0 cm³/mol. The Balaban J connectivity index is 2.78. The van der Waals surface area contributed by atoms with Crippen LogP contribution in [0.15, 0.2) is 30.3 Å². The molecule has 1 unspecified atom stereocenters. The SMILES string of the molecule is CC(=O)OC(C=O)c1ccccc1. The first-order valence-corrected chi connectivity index (χ1v) is 3.91. The van der Waals surface area contributed by atoms with E-state index in [-0.39, 0.29) is 0 Å². The minimum absolute atomic E-state index is 0.457. The number of hydrogen-bond donors (Lipinski definition) is 0. The van der Waals surface area contributed by atoms with E-state index in [2.05, 4.69) is 0 Å². The van der Waals surface area contributed by atoms with Crippen LogP contribution < -0.4 is 0 Å². The van der Waals surface area contributed by atoms with Crippen molar-refractivity contribution in [3.05, 3.63) is 35.9 Å². The summed E-state index contributed by atoms with van der Waals surface area (Å²) in [7, 11) is 0. The van der Waals surface area contributed by atoms with Gasteiger partial charge in [-0.25, -0.2) is 0 Å². The fourth-order valence-electron chi connectivity index (χ4n) is 0.996. The molecule has 1 atom stereocenters. The maximum Gasteiger partial charge on any atom is 0.303 e. The highest BCUT2D eigenvalue weighted by Gasteiger charge is 2.11. The molecule has 0 spiro atoms. The second-order valence-electron chi connectivity index (χ2n) is 2.58. The third-order valence-corrected chi connectivity index (χ3v) is 1.54. The van der Waals surface area contributed by atoms with Gasteiger partial charge in [-0.05, 0) is 5.56 Å². The van der Waals surface area contributed by atoms with Gasteiger partial charge in [-0.2, -0.15) is 0 Å². The molecule has 3 heteroatoms. The fourth-order valence-corrected chi connectivity index (χ4v) is 0.996. The lowest BCUT2D eigenvalue weighted by Crippen LogP contribution is -2.09. The van der Waals surface area contributed by atoms with E-state index in [1.54, 1.807) is 24.3 Å². The lowest BCUT2D eigenvalue weighted by molar-refractivity contribution is -0.149. The molecule has 0 radical (unpaired) electrons. The van der Waals surface area contributed by atoms with Crippen LogP contribution in [0.1, 0.15) is 18.6 Å². The van der Waals surface area contributed by atoms with Gasteiger partial charge < -0.3 is 4.74 Å². The van der Waals surface area contributed by atoms with E-state index in [0.717, 1.165) is 0 Å². The summed E-state index contributed by atoms with van der Waals surface area (Å²) in [6, 6.07) is 8.88. The van der Waals surface area contributed by atoms with E-state index in [4.69, 9.17) is 4.74 Å². The van der Waals surface area contributed by atoms with Gasteiger partial charge in [0.25, 0.3) is 0 Å². The second kappa shape index (κ2) is 4.40. The van der Waals surface area contributed by atoms with Crippen molar-refractivity contribution >= 4 is 12.3 Å². The van der Waals surface area contributed by atoms with Crippen LogP contribution >= 0.6 is 0 Å². The van der Waals surface area contributed by atoms with E-state index in [1.807, 2.05) is 6.07 Å². The predicted octanol–water partition coefficient (Wildman–Crippen LogP) is 1.49. The summed E-state index contributed by atoms with van der Waals surface area (Å²) in [6.07, 6.45) is -0.171. The zero-order valence-electron chi connectivity index (χ0n) is 7.27. The van der Waals surface area contributed by atoms with Gasteiger partial charge in [0.2, 0.25) is 0 Å². The van der Waals surface area contributed by atoms with E-state index in [1.165, 1.54) is 6.92 Å². The van der Waals surface area contributed by atoms with E-state index in [9.17, 15) is 9.59 Å². The smallest absolute Gasteiger partial charge is 0.303 e. The maximum atomic E-state index is 10.6. The van der Waals surface area contributed by atoms with E-state index in [0.29, 0.717) is 11.8 Å². The summed E-state index contributed by atoms with van der Waals surface area (Å²) < 4.78 is 4.78. The van der Waals surface area contributed by atoms with E-state index < -0.39 is 12.1 Å². The minimum atomic E-state index is -0.779. The largest absolute Gasteiger partial charge is 0.450 e. The number of hydrogen-bond acceptors (Lipinski definition) is 3. The number of carbonyl (C=O) groups excluding carboxylic acids is 2. The third kappa shape index (κ3) is 2.71. The molecule has 0 saturated carbocycles. The second-order valence-corrected chi connectivity index (χ2v) is 2.58. The highest BCUT2D eigenvalue weighted by atomic mass is 16.5. The number of esters is 1. The first-order valence-electron chi connectivity index (χ1n) is 3.91. The Morgan fingerprint density at radius 2 is 2.00 bits per heavy atom. The lowest BCUT2D eigenvalue weighted by Gasteiger charge is -2.09. The van der Waals surface area contributed by atoms with Gasteiger partial charge in [0.1, 0.15) is 0 Å². The summed E-state index contributed by atoms with van der Waals surface area (Å²) in [5.74, 6) is -0.457. The fraction of sp³-hybridized carbons (Fsp3) is 0.200. The Hall–Kier alpha value is -1.64. The molecule has 1 aromatic carbocycles. The van der Waals surface area contributed by atoms with Crippen molar-refractivity contribution in [1.82, 2.24) is 0 Å². The summed E-state index contributed by atoms with van der Waals surface area (Å²) in [4.78, 5) is 21.2. The van der Waals surface area contributed by atoms with Gasteiger partial charge in [0.15, 0.2) is 12.4 Å². The Bertz CT molecular complexity index is 292. The van der Waals surface area contributed by atoms with Crippen LogP contribution in [0.5, 0.6) is 0 Å². The van der Waals surface area contributed by atoms with Crippen LogP contribution in [0.2, 0.25) is 0 Å². The molecule has 0 fully saturated rings. The van der Waals surface area contributed by atoms with E-state index >= 15 is 0 Å². The van der Waals surface area contributed by atoms with Gasteiger partial charge in [-0.1, -0.05) is 30.3 Å². The van der Waals surface area contributed by atoms with Crippen molar-refractivity contribution in [2.24, 2.45) is 0 Å². The van der Waals surface area contributed by atoms with Gasteiger partial charge in [-0.3, -0.25) is 9.59 Å². The normalized spacial score (nSPS) is 11.8. The molecule has 0 amide bonds. The average molecular weight is 178 g/mol. The van der Waals surface area contributed by atoms with Crippen molar-refractivity contribution in [1.29, 1.82) is 0 Å². The van der Waals surface area contributed by atoms with Crippen LogP contribution in [0.25, 0.3) is 0 Å². The van der Waals surface area contributed by atoms with Crippen LogP contribution in [0.3, 0.4) is 0 Å². The number of aldehydes is 1. The lowest BCUT2D eigenvalue weighted by atomic mass is 10.1. The number of carbonyl (C=O) groups is 2. The summed E-state index contributed by atoms with van der Waals surface area (Å²) >= 11 is 0. The van der Waals surface area contributed by atoms with Crippen LogP contribution in [0.4, 0.5) is 0 Å². The maximum absolute atomic E-state index is 10.6. The van der Waals surface area contributed by atoms with Crippen LogP contribution in [-0.2, 0) is 14.3 Å². The molecular weight excluding hydrogens is 168 g/mol. The molecule has 0 heterocycles. The van der Waals surface area contributed by atoms with Crippen molar-refractivity contribution in [3.63, 3.8) is 0 Å². The Kier molecular flexibility index (Phi) is 3.20. The monoisotopic (exact) mass is 178 g/mol. The van der Waals surface area contributed by atoms with Gasteiger partial charge in [0, 0.05) is 6.92 Å². The van der Waals surface area contributed by atoms with Crippen LogP contribution in [0, 0.1) is 0 Å². The zero-order valence-corrected chi connectivity index (χ0v) is 7.27. The molecule has 1 aromatic rings. The number of benzene rings is 1. The topological polar surface area (TPSA) is 43.4 Å². The average Bonchev–Trinajstić information content (AvgIpc) is 2.15. The first kappa shape index (κ1) is 9.45. The van der Waals surface area contributed by atoms with Crippen molar-refractivity contribution in [2.75, 3.05) is 0 Å². The molecule has 13 heavy (non-hydrogen) atoms. The van der Waals surface area contributed by atoms with Gasteiger partial charge >= 0.3 is 5.97 Å². The molecule has 0 aromatic heterocycles. The molecular formula is C10H10O3. The molecule has 0 saturated heterocycles. The molecule has 0 aliphatic rings. The Labute approximate surface area is 76.3 Å². The molecule has 0 aliphatic heterocycles. The molecule has 1 rings (SSSR count). The van der Waals surface area contributed by atoms with Gasteiger partial charge in [-0.15, -0.1) is 0 Å². The Morgan fingerprint density at radius 3 is 2.46 bits per heavy atom. The summed E-state index contributed by atoms with van der Waals surface area (Å²) in [5, 5.41) is 0. The standard InChI is InChI=1S/C10H10O3/c1-8(12)13-10(7-11)9-5-3-2-4-6-9/h2-7,10H,1H3. The molecule has 68 valence electrons. The zero-order chi connectivity index (χ0) is 9.68. The van der Waals surface area contributed by atoms with Crippen molar-refractivity contribution in [3.8, 4) is 0 Å². The van der Waals surface area contributed by atoms with Gasteiger partial charge in [0.05, 0.1) is 0 Å². The summed E-state index contributed by atoms with van der Waals surface area (Å²) in [5.41, 5.74) is 0.688. The number of ether oxygens (including phenoxy) is 1. The van der Waals surface area contributed by atoms with Crippen molar-refractivity contribution in [2.45, 2.75) is 13.0 Å². The molecule has 3 nitrogen and oxygen atoms in total. The molecule has 0 aliphatic carbocycles. The number of rotatable bonds is 3.